The summed E-state index contributed by atoms with van der Waals surface area (Å²) in [6.45, 7) is 1.94. The van der Waals surface area contributed by atoms with Gasteiger partial charge in [-0.15, -0.1) is 0 Å². The number of rotatable bonds is 6. The minimum atomic E-state index is -3.83. The number of anilines is 1. The third kappa shape index (κ3) is 4.88. The first-order valence-corrected chi connectivity index (χ1v) is 7.37. The van der Waals surface area contributed by atoms with Gasteiger partial charge in [0.1, 0.15) is 0 Å². The number of esters is 2. The molecule has 0 amide bonds. The first-order chi connectivity index (χ1) is 9.38. The molecular weight excluding hydrogens is 286 g/mol. The summed E-state index contributed by atoms with van der Waals surface area (Å²) < 4.78 is 34.5. The first kappa shape index (κ1) is 16.0. The number of sulfonamides is 1. The van der Waals surface area contributed by atoms with Crippen molar-refractivity contribution in [2.45, 2.75) is 6.92 Å². The number of hydrogen-bond donors (Lipinski definition) is 1. The molecule has 0 aromatic heterocycles. The fourth-order valence-corrected chi connectivity index (χ4v) is 2.31. The lowest BCUT2D eigenvalue weighted by Crippen LogP contribution is -2.23. The van der Waals surface area contributed by atoms with E-state index in [9.17, 15) is 18.0 Å². The Balaban J connectivity index is 2.75. The Morgan fingerprint density at radius 2 is 1.80 bits per heavy atom. The number of hydrogen-bond acceptors (Lipinski definition) is 6. The molecule has 8 heteroatoms. The van der Waals surface area contributed by atoms with Crippen LogP contribution in [0.25, 0.3) is 0 Å². The molecule has 0 aliphatic carbocycles. The van der Waals surface area contributed by atoms with Crippen molar-refractivity contribution in [2.75, 3.05) is 24.2 Å². The van der Waals surface area contributed by atoms with Crippen molar-refractivity contribution in [3.05, 3.63) is 29.8 Å². The first-order valence-electron chi connectivity index (χ1n) is 5.72. The highest BCUT2D eigenvalue weighted by Crippen LogP contribution is 2.12. The molecule has 0 unspecified atom stereocenters. The maximum atomic E-state index is 11.6. The predicted molar refractivity (Wildman–Crippen MR) is 71.8 cm³/mol. The SMILES string of the molecule is CCOC(=O)c1ccc(NS(=O)(=O)CC(=O)OC)cc1. The zero-order chi connectivity index (χ0) is 15.2. The number of benzene rings is 1. The smallest absolute Gasteiger partial charge is 0.338 e. The van der Waals surface area contributed by atoms with Crippen LogP contribution in [0.15, 0.2) is 24.3 Å². The summed E-state index contributed by atoms with van der Waals surface area (Å²) in [4.78, 5) is 22.3. The molecule has 0 aliphatic heterocycles. The maximum Gasteiger partial charge on any atom is 0.338 e. The van der Waals surface area contributed by atoms with E-state index in [4.69, 9.17) is 4.74 Å². The summed E-state index contributed by atoms with van der Waals surface area (Å²) in [6.07, 6.45) is 0. The van der Waals surface area contributed by atoms with Crippen LogP contribution in [0.1, 0.15) is 17.3 Å². The maximum absolute atomic E-state index is 11.6. The van der Waals surface area contributed by atoms with E-state index in [0.717, 1.165) is 7.11 Å². The topological polar surface area (TPSA) is 98.8 Å². The van der Waals surface area contributed by atoms with Crippen LogP contribution in [-0.4, -0.2) is 39.8 Å². The van der Waals surface area contributed by atoms with Crippen LogP contribution in [0.3, 0.4) is 0 Å². The number of methoxy groups -OCH3 is 1. The normalized spacial score (nSPS) is 10.7. The molecule has 7 nitrogen and oxygen atoms in total. The lowest BCUT2D eigenvalue weighted by atomic mass is 10.2. The second kappa shape index (κ2) is 6.90. The van der Waals surface area contributed by atoms with Crippen LogP contribution >= 0.6 is 0 Å². The Morgan fingerprint density at radius 3 is 2.30 bits per heavy atom. The number of carbonyl (C=O) groups is 2. The Labute approximate surface area is 116 Å². The Hall–Kier alpha value is -2.09. The molecule has 110 valence electrons. The molecule has 0 fully saturated rings. The van der Waals surface area contributed by atoms with Gasteiger partial charge >= 0.3 is 11.9 Å². The van der Waals surface area contributed by atoms with Crippen LogP contribution in [-0.2, 0) is 24.3 Å². The third-order valence-electron chi connectivity index (χ3n) is 2.20. The Bertz CT molecular complexity index is 578. The zero-order valence-electron chi connectivity index (χ0n) is 11.1. The van der Waals surface area contributed by atoms with Crippen LogP contribution < -0.4 is 4.72 Å². The van der Waals surface area contributed by atoms with Gasteiger partial charge in [-0.1, -0.05) is 0 Å². The van der Waals surface area contributed by atoms with Crippen molar-refractivity contribution in [3.63, 3.8) is 0 Å². The molecule has 0 saturated heterocycles. The number of nitrogens with one attached hydrogen (secondary N) is 1. The van der Waals surface area contributed by atoms with Gasteiger partial charge < -0.3 is 9.47 Å². The highest BCUT2D eigenvalue weighted by molar-refractivity contribution is 7.93. The lowest BCUT2D eigenvalue weighted by molar-refractivity contribution is -0.137. The van der Waals surface area contributed by atoms with Crippen molar-refractivity contribution in [3.8, 4) is 0 Å². The second-order valence-corrected chi connectivity index (χ2v) is 5.46. The molecule has 0 saturated carbocycles. The molecule has 0 bridgehead atoms. The van der Waals surface area contributed by atoms with E-state index < -0.39 is 27.7 Å². The van der Waals surface area contributed by atoms with E-state index in [-0.39, 0.29) is 12.3 Å². The monoisotopic (exact) mass is 301 g/mol. The van der Waals surface area contributed by atoms with E-state index in [1.165, 1.54) is 24.3 Å². The molecule has 1 aromatic rings. The minimum Gasteiger partial charge on any atom is -0.468 e. The van der Waals surface area contributed by atoms with Gasteiger partial charge in [0, 0.05) is 5.69 Å². The molecule has 20 heavy (non-hydrogen) atoms. The highest BCUT2D eigenvalue weighted by atomic mass is 32.2. The number of carbonyl (C=O) groups excluding carboxylic acids is 2. The standard InChI is InChI=1S/C12H15NO6S/c1-3-19-12(15)9-4-6-10(7-5-9)13-20(16,17)8-11(14)18-2/h4-7,13H,3,8H2,1-2H3. The van der Waals surface area contributed by atoms with Crippen molar-refractivity contribution >= 4 is 27.6 Å². The summed E-state index contributed by atoms with van der Waals surface area (Å²) in [6, 6.07) is 5.66. The van der Waals surface area contributed by atoms with Gasteiger partial charge in [0.2, 0.25) is 10.0 Å². The molecule has 1 N–H and O–H groups in total. The van der Waals surface area contributed by atoms with E-state index in [1.54, 1.807) is 6.92 Å². The van der Waals surface area contributed by atoms with Crippen molar-refractivity contribution in [1.29, 1.82) is 0 Å². The Kier molecular flexibility index (Phi) is 5.51. The molecule has 1 rings (SSSR count). The van der Waals surface area contributed by atoms with E-state index >= 15 is 0 Å². The summed E-state index contributed by atoms with van der Waals surface area (Å²) in [7, 11) is -2.73. The fourth-order valence-electron chi connectivity index (χ4n) is 1.32. The molecule has 0 radical (unpaired) electrons. The largest absolute Gasteiger partial charge is 0.468 e. The van der Waals surface area contributed by atoms with E-state index in [0.29, 0.717) is 5.56 Å². The van der Waals surface area contributed by atoms with Gasteiger partial charge in [0.15, 0.2) is 5.75 Å². The molecule has 0 aliphatic rings. The van der Waals surface area contributed by atoms with Gasteiger partial charge in [-0.2, -0.15) is 0 Å². The van der Waals surface area contributed by atoms with Crippen molar-refractivity contribution in [2.24, 2.45) is 0 Å². The zero-order valence-corrected chi connectivity index (χ0v) is 11.9. The van der Waals surface area contributed by atoms with Crippen LogP contribution in [0.4, 0.5) is 5.69 Å². The van der Waals surface area contributed by atoms with Crippen LogP contribution in [0.5, 0.6) is 0 Å². The van der Waals surface area contributed by atoms with Gasteiger partial charge in [-0.3, -0.25) is 9.52 Å². The van der Waals surface area contributed by atoms with Gasteiger partial charge in [0.25, 0.3) is 0 Å². The van der Waals surface area contributed by atoms with E-state index in [2.05, 4.69) is 9.46 Å². The molecule has 0 heterocycles. The molecular formula is C12H15NO6S. The minimum absolute atomic E-state index is 0.238. The second-order valence-electron chi connectivity index (χ2n) is 3.74. The van der Waals surface area contributed by atoms with Crippen molar-refractivity contribution < 1.29 is 27.5 Å². The highest BCUT2D eigenvalue weighted by Gasteiger charge is 2.17. The predicted octanol–water partition coefficient (Wildman–Crippen LogP) is 0.778. The average molecular weight is 301 g/mol. The van der Waals surface area contributed by atoms with Gasteiger partial charge in [-0.05, 0) is 31.2 Å². The summed E-state index contributed by atoms with van der Waals surface area (Å²) >= 11 is 0. The van der Waals surface area contributed by atoms with Gasteiger partial charge in [-0.25, -0.2) is 13.2 Å². The van der Waals surface area contributed by atoms with E-state index in [1.807, 2.05) is 0 Å². The summed E-state index contributed by atoms with van der Waals surface area (Å²) in [5.41, 5.74) is 0.546. The quantitative estimate of drug-likeness (QED) is 0.779. The van der Waals surface area contributed by atoms with Gasteiger partial charge in [0.05, 0.1) is 19.3 Å². The lowest BCUT2D eigenvalue weighted by Gasteiger charge is -2.07. The number of ether oxygens (including phenoxy) is 2. The molecule has 0 spiro atoms. The van der Waals surface area contributed by atoms with Crippen LogP contribution in [0, 0.1) is 0 Å². The summed E-state index contributed by atoms with van der Waals surface area (Å²) in [5, 5.41) is 0. The van der Waals surface area contributed by atoms with Crippen molar-refractivity contribution in [1.82, 2.24) is 0 Å². The third-order valence-corrected chi connectivity index (χ3v) is 3.37. The average Bonchev–Trinajstić information content (AvgIpc) is 2.38. The molecule has 1 aromatic carbocycles. The summed E-state index contributed by atoms with van der Waals surface area (Å²) in [5.74, 6) is -2.12. The van der Waals surface area contributed by atoms with Crippen LogP contribution in [0.2, 0.25) is 0 Å². The fraction of sp³-hybridized carbons (Fsp3) is 0.333. The Morgan fingerprint density at radius 1 is 1.20 bits per heavy atom. The molecule has 0 atom stereocenters.